The van der Waals surface area contributed by atoms with E-state index in [0.29, 0.717) is 0 Å². The molecule has 0 aliphatic carbocycles. The lowest BCUT2D eigenvalue weighted by Crippen LogP contribution is -2.10. The molecular formula is C10H10ClNO5. The summed E-state index contributed by atoms with van der Waals surface area (Å²) in [6.07, 6.45) is 0. The maximum atomic E-state index is 11.4. The summed E-state index contributed by atoms with van der Waals surface area (Å²) in [5.41, 5.74) is -0.0863. The second kappa shape index (κ2) is 6.17. The first-order chi connectivity index (χ1) is 8.06. The summed E-state index contributed by atoms with van der Waals surface area (Å²) in [7, 11) is 1.48. The predicted molar refractivity (Wildman–Crippen MR) is 60.3 cm³/mol. The molecule has 1 aromatic carbocycles. The summed E-state index contributed by atoms with van der Waals surface area (Å²) in [4.78, 5) is 21.3. The van der Waals surface area contributed by atoms with Crippen molar-refractivity contribution in [2.24, 2.45) is 0 Å². The van der Waals surface area contributed by atoms with Crippen molar-refractivity contribution in [3.05, 3.63) is 38.9 Å². The number of carbonyl (C=O) groups is 1. The summed E-state index contributed by atoms with van der Waals surface area (Å²) in [6.45, 7) is 0.399. The van der Waals surface area contributed by atoms with Crippen LogP contribution >= 0.6 is 11.6 Å². The molecular weight excluding hydrogens is 250 g/mol. The fraction of sp³-hybridized carbons (Fsp3) is 0.300. The number of hydrogen-bond donors (Lipinski definition) is 0. The second-order valence-corrected chi connectivity index (χ2v) is 3.46. The molecule has 17 heavy (non-hydrogen) atoms. The van der Waals surface area contributed by atoms with E-state index in [2.05, 4.69) is 0 Å². The Kier molecular flexibility index (Phi) is 4.86. The first-order valence-corrected chi connectivity index (χ1v) is 5.04. The van der Waals surface area contributed by atoms with Crippen molar-refractivity contribution < 1.29 is 19.2 Å². The Morgan fingerprint density at radius 1 is 1.47 bits per heavy atom. The SMILES string of the molecule is COCCOC(=O)c1ccc([N+](=O)[O-])c(Cl)c1. The Labute approximate surface area is 102 Å². The molecule has 0 aliphatic heterocycles. The van der Waals surface area contributed by atoms with Gasteiger partial charge in [0, 0.05) is 13.2 Å². The third-order valence-corrected chi connectivity index (χ3v) is 2.20. The standard InChI is InChI=1S/C10H10ClNO5/c1-16-4-5-17-10(13)7-2-3-9(12(14)15)8(11)6-7/h2-3,6H,4-5H2,1H3. The van der Waals surface area contributed by atoms with E-state index in [1.54, 1.807) is 0 Å². The van der Waals surface area contributed by atoms with Crippen molar-refractivity contribution in [2.75, 3.05) is 20.3 Å². The number of nitro groups is 1. The maximum Gasteiger partial charge on any atom is 0.338 e. The molecule has 0 saturated heterocycles. The molecule has 0 heterocycles. The largest absolute Gasteiger partial charge is 0.460 e. The molecule has 0 aromatic heterocycles. The van der Waals surface area contributed by atoms with E-state index in [9.17, 15) is 14.9 Å². The van der Waals surface area contributed by atoms with Gasteiger partial charge in [0.25, 0.3) is 5.69 Å². The lowest BCUT2D eigenvalue weighted by molar-refractivity contribution is -0.384. The van der Waals surface area contributed by atoms with Crippen LogP contribution in [-0.4, -0.2) is 31.2 Å². The Morgan fingerprint density at radius 2 is 2.18 bits per heavy atom. The molecule has 0 fully saturated rings. The van der Waals surface area contributed by atoms with E-state index in [1.165, 1.54) is 19.2 Å². The van der Waals surface area contributed by atoms with Crippen LogP contribution < -0.4 is 0 Å². The van der Waals surface area contributed by atoms with Gasteiger partial charge in [-0.1, -0.05) is 11.6 Å². The number of nitrogens with zero attached hydrogens (tertiary/aromatic N) is 1. The van der Waals surface area contributed by atoms with Crippen LogP contribution in [0.15, 0.2) is 18.2 Å². The highest BCUT2D eigenvalue weighted by Gasteiger charge is 2.15. The fourth-order valence-electron chi connectivity index (χ4n) is 1.08. The number of halogens is 1. The average molecular weight is 260 g/mol. The number of methoxy groups -OCH3 is 1. The van der Waals surface area contributed by atoms with Crippen LogP contribution in [0.1, 0.15) is 10.4 Å². The third-order valence-electron chi connectivity index (χ3n) is 1.90. The molecule has 0 saturated carbocycles. The molecule has 0 bridgehead atoms. The van der Waals surface area contributed by atoms with Gasteiger partial charge in [0.05, 0.1) is 17.1 Å². The van der Waals surface area contributed by atoms with Gasteiger partial charge in [-0.05, 0) is 12.1 Å². The molecule has 1 aromatic rings. The van der Waals surface area contributed by atoms with Gasteiger partial charge in [-0.3, -0.25) is 10.1 Å². The summed E-state index contributed by atoms with van der Waals surface area (Å²) >= 11 is 5.66. The van der Waals surface area contributed by atoms with Crippen molar-refractivity contribution >= 4 is 23.3 Å². The lowest BCUT2D eigenvalue weighted by atomic mass is 10.2. The Hall–Kier alpha value is -1.66. The first-order valence-electron chi connectivity index (χ1n) is 4.66. The first kappa shape index (κ1) is 13.4. The molecule has 0 aliphatic rings. The minimum Gasteiger partial charge on any atom is -0.460 e. The van der Waals surface area contributed by atoms with E-state index in [-0.39, 0.29) is 29.5 Å². The monoisotopic (exact) mass is 259 g/mol. The summed E-state index contributed by atoms with van der Waals surface area (Å²) in [6, 6.07) is 3.66. The van der Waals surface area contributed by atoms with E-state index >= 15 is 0 Å². The van der Waals surface area contributed by atoms with Gasteiger partial charge >= 0.3 is 5.97 Å². The van der Waals surface area contributed by atoms with Gasteiger partial charge < -0.3 is 9.47 Å². The summed E-state index contributed by atoms with van der Waals surface area (Å²) < 4.78 is 9.54. The number of rotatable bonds is 5. The quantitative estimate of drug-likeness (QED) is 0.350. The zero-order valence-corrected chi connectivity index (χ0v) is 9.77. The van der Waals surface area contributed by atoms with Crippen LogP contribution in [0.2, 0.25) is 5.02 Å². The normalized spacial score (nSPS) is 10.0. The zero-order chi connectivity index (χ0) is 12.8. The fourth-order valence-corrected chi connectivity index (χ4v) is 1.33. The van der Waals surface area contributed by atoms with Gasteiger partial charge in [0.1, 0.15) is 11.6 Å². The molecule has 0 unspecified atom stereocenters. The van der Waals surface area contributed by atoms with Gasteiger partial charge in [-0.2, -0.15) is 0 Å². The van der Waals surface area contributed by atoms with E-state index in [4.69, 9.17) is 21.1 Å². The van der Waals surface area contributed by atoms with Crippen molar-refractivity contribution in [3.63, 3.8) is 0 Å². The van der Waals surface area contributed by atoms with Crippen LogP contribution in [0.5, 0.6) is 0 Å². The van der Waals surface area contributed by atoms with Crippen molar-refractivity contribution in [3.8, 4) is 0 Å². The molecule has 0 amide bonds. The molecule has 1 rings (SSSR count). The number of nitro benzene ring substituents is 1. The summed E-state index contributed by atoms with van der Waals surface area (Å²) in [5, 5.41) is 10.4. The van der Waals surface area contributed by atoms with Crippen molar-refractivity contribution in [2.45, 2.75) is 0 Å². The molecule has 92 valence electrons. The number of carbonyl (C=O) groups excluding carboxylic acids is 1. The minimum atomic E-state index is -0.623. The Morgan fingerprint density at radius 3 is 2.71 bits per heavy atom. The maximum absolute atomic E-state index is 11.4. The Bertz CT molecular complexity index is 435. The van der Waals surface area contributed by atoms with Gasteiger partial charge in [0.15, 0.2) is 0 Å². The van der Waals surface area contributed by atoms with Gasteiger partial charge in [0.2, 0.25) is 0 Å². The minimum absolute atomic E-state index is 0.101. The number of hydrogen-bond acceptors (Lipinski definition) is 5. The highest BCUT2D eigenvalue weighted by molar-refractivity contribution is 6.33. The number of benzene rings is 1. The second-order valence-electron chi connectivity index (χ2n) is 3.05. The molecule has 6 nitrogen and oxygen atoms in total. The molecule has 0 atom stereocenters. The van der Waals surface area contributed by atoms with Crippen LogP contribution in [-0.2, 0) is 9.47 Å². The highest BCUT2D eigenvalue weighted by atomic mass is 35.5. The van der Waals surface area contributed by atoms with E-state index < -0.39 is 10.9 Å². The van der Waals surface area contributed by atoms with Crippen LogP contribution in [0.4, 0.5) is 5.69 Å². The smallest absolute Gasteiger partial charge is 0.338 e. The lowest BCUT2D eigenvalue weighted by Gasteiger charge is -2.04. The van der Waals surface area contributed by atoms with Gasteiger partial charge in [-0.25, -0.2) is 4.79 Å². The van der Waals surface area contributed by atoms with Crippen LogP contribution in [0.25, 0.3) is 0 Å². The van der Waals surface area contributed by atoms with Gasteiger partial charge in [-0.15, -0.1) is 0 Å². The Balaban J connectivity index is 2.76. The topological polar surface area (TPSA) is 78.7 Å². The number of ether oxygens (including phenoxy) is 2. The molecule has 0 radical (unpaired) electrons. The van der Waals surface area contributed by atoms with E-state index in [1.807, 2.05) is 0 Å². The highest BCUT2D eigenvalue weighted by Crippen LogP contribution is 2.25. The predicted octanol–water partition coefficient (Wildman–Crippen LogP) is 2.05. The van der Waals surface area contributed by atoms with Crippen LogP contribution in [0, 0.1) is 10.1 Å². The zero-order valence-electron chi connectivity index (χ0n) is 9.01. The van der Waals surface area contributed by atoms with Crippen molar-refractivity contribution in [1.82, 2.24) is 0 Å². The summed E-state index contributed by atoms with van der Waals surface area (Å²) in [5.74, 6) is -0.598. The van der Waals surface area contributed by atoms with Crippen LogP contribution in [0.3, 0.4) is 0 Å². The van der Waals surface area contributed by atoms with Crippen molar-refractivity contribution in [1.29, 1.82) is 0 Å². The molecule has 0 spiro atoms. The number of esters is 1. The third kappa shape index (κ3) is 3.69. The molecule has 0 N–H and O–H groups in total. The average Bonchev–Trinajstić information content (AvgIpc) is 2.28. The molecule has 7 heteroatoms. The van der Waals surface area contributed by atoms with E-state index in [0.717, 1.165) is 6.07 Å².